The molecule has 1 atom stereocenters. The van der Waals surface area contributed by atoms with Crippen molar-refractivity contribution in [2.24, 2.45) is 0 Å². The van der Waals surface area contributed by atoms with Crippen LogP contribution in [0.5, 0.6) is 0 Å². The normalized spacial score (nSPS) is 11.9. The van der Waals surface area contributed by atoms with Gasteiger partial charge in [-0.1, -0.05) is 6.07 Å². The highest BCUT2D eigenvalue weighted by Gasteiger charge is 2.05. The number of carbonyl (C=O) groups is 1. The number of hydrogen-bond donors (Lipinski definition) is 3. The van der Waals surface area contributed by atoms with Crippen LogP contribution in [0.2, 0.25) is 0 Å². The second-order valence-corrected chi connectivity index (χ2v) is 3.73. The highest BCUT2D eigenvalue weighted by atomic mass is 16.5. The summed E-state index contributed by atoms with van der Waals surface area (Å²) >= 11 is 0. The number of carbonyl (C=O) groups excluding carboxylic acids is 1. The molecule has 0 heterocycles. The molecule has 94 valence electrons. The second kappa shape index (κ2) is 6.75. The first-order valence-electron chi connectivity index (χ1n) is 5.63. The molecule has 1 rings (SSSR count). The molecule has 4 N–H and O–H groups in total. The molecule has 0 aromatic heterocycles. The number of benzene rings is 1. The van der Waals surface area contributed by atoms with Gasteiger partial charge in [-0.3, -0.25) is 0 Å². The predicted octanol–water partition coefficient (Wildman–Crippen LogP) is 1.82. The largest absolute Gasteiger partial charge is 0.399 e. The zero-order valence-electron chi connectivity index (χ0n) is 10.2. The van der Waals surface area contributed by atoms with Gasteiger partial charge < -0.3 is 21.1 Å². The maximum Gasteiger partial charge on any atom is 0.319 e. The first-order chi connectivity index (χ1) is 8.11. The summed E-state index contributed by atoms with van der Waals surface area (Å²) in [7, 11) is 0. The fraction of sp³-hybridized carbons (Fsp3) is 0.417. The molecular formula is C12H19N3O2. The number of anilines is 2. The Morgan fingerprint density at radius 2 is 2.29 bits per heavy atom. The summed E-state index contributed by atoms with van der Waals surface area (Å²) in [5.74, 6) is 0. The fourth-order valence-electron chi connectivity index (χ4n) is 1.37. The SMILES string of the molecule is CCOC(C)CNC(=O)Nc1cccc(N)c1. The summed E-state index contributed by atoms with van der Waals surface area (Å²) in [4.78, 5) is 11.5. The van der Waals surface area contributed by atoms with E-state index >= 15 is 0 Å². The molecule has 0 aliphatic rings. The maximum absolute atomic E-state index is 11.5. The van der Waals surface area contributed by atoms with Crippen LogP contribution in [0.15, 0.2) is 24.3 Å². The number of rotatable bonds is 5. The Morgan fingerprint density at radius 3 is 2.94 bits per heavy atom. The Kier molecular flexibility index (Phi) is 5.29. The zero-order chi connectivity index (χ0) is 12.7. The molecule has 2 amide bonds. The van der Waals surface area contributed by atoms with Gasteiger partial charge in [0.25, 0.3) is 0 Å². The van der Waals surface area contributed by atoms with Crippen molar-refractivity contribution >= 4 is 17.4 Å². The van der Waals surface area contributed by atoms with Gasteiger partial charge in [0.1, 0.15) is 0 Å². The van der Waals surface area contributed by atoms with Gasteiger partial charge in [0, 0.05) is 24.5 Å². The van der Waals surface area contributed by atoms with Crippen LogP contribution >= 0.6 is 0 Å². The number of nitrogens with one attached hydrogen (secondary N) is 2. The van der Waals surface area contributed by atoms with E-state index in [1.807, 2.05) is 13.8 Å². The van der Waals surface area contributed by atoms with Crippen LogP contribution < -0.4 is 16.4 Å². The van der Waals surface area contributed by atoms with Crippen molar-refractivity contribution < 1.29 is 9.53 Å². The molecule has 0 saturated heterocycles. The minimum Gasteiger partial charge on any atom is -0.399 e. The molecule has 1 unspecified atom stereocenters. The summed E-state index contributed by atoms with van der Waals surface area (Å²) in [6.07, 6.45) is 0.00610. The zero-order valence-corrected chi connectivity index (χ0v) is 10.2. The minimum atomic E-state index is -0.262. The van der Waals surface area contributed by atoms with E-state index in [1.54, 1.807) is 24.3 Å². The van der Waals surface area contributed by atoms with Gasteiger partial charge in [0.05, 0.1) is 6.10 Å². The Balaban J connectivity index is 2.34. The van der Waals surface area contributed by atoms with Crippen LogP contribution in [0.4, 0.5) is 16.2 Å². The van der Waals surface area contributed by atoms with Gasteiger partial charge in [0.15, 0.2) is 0 Å². The Labute approximate surface area is 101 Å². The standard InChI is InChI=1S/C12H19N3O2/c1-3-17-9(2)8-14-12(16)15-11-6-4-5-10(13)7-11/h4-7,9H,3,8,13H2,1-2H3,(H2,14,15,16). The predicted molar refractivity (Wildman–Crippen MR) is 69.0 cm³/mol. The minimum absolute atomic E-state index is 0.00610. The molecule has 0 spiro atoms. The lowest BCUT2D eigenvalue weighted by Gasteiger charge is -2.13. The van der Waals surface area contributed by atoms with Crippen molar-refractivity contribution in [1.29, 1.82) is 0 Å². The first-order valence-corrected chi connectivity index (χ1v) is 5.63. The monoisotopic (exact) mass is 237 g/mol. The molecule has 0 saturated carbocycles. The maximum atomic E-state index is 11.5. The third kappa shape index (κ3) is 5.21. The van der Waals surface area contributed by atoms with Gasteiger partial charge >= 0.3 is 6.03 Å². The van der Waals surface area contributed by atoms with Crippen LogP contribution in [-0.4, -0.2) is 25.3 Å². The Morgan fingerprint density at radius 1 is 1.53 bits per heavy atom. The fourth-order valence-corrected chi connectivity index (χ4v) is 1.37. The molecule has 0 aliphatic heterocycles. The van der Waals surface area contributed by atoms with Gasteiger partial charge in [0.2, 0.25) is 0 Å². The number of hydrogen-bond acceptors (Lipinski definition) is 3. The summed E-state index contributed by atoms with van der Waals surface area (Å²) < 4.78 is 5.30. The molecule has 0 fully saturated rings. The summed E-state index contributed by atoms with van der Waals surface area (Å²) in [6.45, 7) is 4.94. The van der Waals surface area contributed by atoms with E-state index in [0.717, 1.165) is 0 Å². The molecule has 5 heteroatoms. The number of urea groups is 1. The van der Waals surface area contributed by atoms with Crippen molar-refractivity contribution in [2.75, 3.05) is 24.2 Å². The Bertz CT molecular complexity index is 369. The van der Waals surface area contributed by atoms with E-state index in [0.29, 0.717) is 24.5 Å². The smallest absolute Gasteiger partial charge is 0.319 e. The van der Waals surface area contributed by atoms with Crippen molar-refractivity contribution in [2.45, 2.75) is 20.0 Å². The highest BCUT2D eigenvalue weighted by molar-refractivity contribution is 5.89. The van der Waals surface area contributed by atoms with Crippen LogP contribution in [0.3, 0.4) is 0 Å². The first kappa shape index (κ1) is 13.3. The van der Waals surface area contributed by atoms with Crippen molar-refractivity contribution in [3.05, 3.63) is 24.3 Å². The van der Waals surface area contributed by atoms with E-state index in [2.05, 4.69) is 10.6 Å². The third-order valence-electron chi connectivity index (χ3n) is 2.15. The molecule has 0 radical (unpaired) electrons. The Hall–Kier alpha value is -1.75. The van der Waals surface area contributed by atoms with Gasteiger partial charge in [-0.25, -0.2) is 4.79 Å². The topological polar surface area (TPSA) is 76.4 Å². The summed E-state index contributed by atoms with van der Waals surface area (Å²) in [5.41, 5.74) is 6.89. The molecule has 0 aliphatic carbocycles. The van der Waals surface area contributed by atoms with E-state index < -0.39 is 0 Å². The van der Waals surface area contributed by atoms with E-state index in [4.69, 9.17) is 10.5 Å². The molecular weight excluding hydrogens is 218 g/mol. The van der Waals surface area contributed by atoms with Crippen molar-refractivity contribution in [3.8, 4) is 0 Å². The average molecular weight is 237 g/mol. The van der Waals surface area contributed by atoms with Gasteiger partial charge in [-0.15, -0.1) is 0 Å². The van der Waals surface area contributed by atoms with Gasteiger partial charge in [-0.2, -0.15) is 0 Å². The van der Waals surface area contributed by atoms with Crippen molar-refractivity contribution in [1.82, 2.24) is 5.32 Å². The molecule has 17 heavy (non-hydrogen) atoms. The highest BCUT2D eigenvalue weighted by Crippen LogP contribution is 2.11. The summed E-state index contributed by atoms with van der Waals surface area (Å²) in [6, 6.07) is 6.77. The molecule has 1 aromatic carbocycles. The van der Waals surface area contributed by atoms with Gasteiger partial charge in [-0.05, 0) is 32.0 Å². The number of amides is 2. The number of nitrogen functional groups attached to an aromatic ring is 1. The van der Waals surface area contributed by atoms with E-state index in [9.17, 15) is 4.79 Å². The number of ether oxygens (including phenoxy) is 1. The lowest BCUT2D eigenvalue weighted by Crippen LogP contribution is -2.35. The lowest BCUT2D eigenvalue weighted by atomic mass is 10.3. The second-order valence-electron chi connectivity index (χ2n) is 3.73. The van der Waals surface area contributed by atoms with Crippen LogP contribution in [0.1, 0.15) is 13.8 Å². The molecule has 1 aromatic rings. The van der Waals surface area contributed by atoms with Crippen LogP contribution in [0, 0.1) is 0 Å². The molecule has 0 bridgehead atoms. The van der Waals surface area contributed by atoms with Crippen molar-refractivity contribution in [3.63, 3.8) is 0 Å². The summed E-state index contributed by atoms with van der Waals surface area (Å²) in [5, 5.41) is 5.41. The van der Waals surface area contributed by atoms with E-state index in [1.165, 1.54) is 0 Å². The lowest BCUT2D eigenvalue weighted by molar-refractivity contribution is 0.0780. The third-order valence-corrected chi connectivity index (χ3v) is 2.15. The number of nitrogens with two attached hydrogens (primary N) is 1. The average Bonchev–Trinajstić information content (AvgIpc) is 2.27. The molecule has 5 nitrogen and oxygen atoms in total. The van der Waals surface area contributed by atoms with E-state index in [-0.39, 0.29) is 12.1 Å². The van der Waals surface area contributed by atoms with Crippen LogP contribution in [-0.2, 0) is 4.74 Å². The quantitative estimate of drug-likeness (QED) is 0.684. The van der Waals surface area contributed by atoms with Crippen LogP contribution in [0.25, 0.3) is 0 Å².